The number of imidazole rings is 1. The lowest BCUT2D eigenvalue weighted by Crippen LogP contribution is -2.15. The Balaban J connectivity index is 2.46. The summed E-state index contributed by atoms with van der Waals surface area (Å²) in [7, 11) is 0. The molecule has 0 aliphatic carbocycles. The molecule has 0 radical (unpaired) electrons. The highest BCUT2D eigenvalue weighted by Gasteiger charge is 2.13. The Kier molecular flexibility index (Phi) is 2.25. The second kappa shape index (κ2) is 3.42. The van der Waals surface area contributed by atoms with Crippen LogP contribution in [0.25, 0.3) is 4.83 Å². The normalized spacial score (nSPS) is 13.0. The fourth-order valence-electron chi connectivity index (χ4n) is 1.49. The first-order chi connectivity index (χ1) is 6.74. The predicted molar refractivity (Wildman–Crippen MR) is 55.4 cm³/mol. The van der Waals surface area contributed by atoms with Gasteiger partial charge >= 0.3 is 0 Å². The molecule has 2 rings (SSSR count). The summed E-state index contributed by atoms with van der Waals surface area (Å²) in [6, 6.07) is 0.0670. The number of aromatic nitrogens is 2. The molecule has 0 saturated carbocycles. The summed E-state index contributed by atoms with van der Waals surface area (Å²) in [6.07, 6.45) is 4.35. The highest BCUT2D eigenvalue weighted by atomic mass is 32.1. The van der Waals surface area contributed by atoms with E-state index in [0.717, 1.165) is 16.9 Å². The largest absolute Gasteiger partial charge is 0.351 e. The first-order valence-corrected chi connectivity index (χ1v) is 5.16. The van der Waals surface area contributed by atoms with Crippen molar-refractivity contribution in [1.29, 1.82) is 0 Å². The van der Waals surface area contributed by atoms with E-state index in [0.29, 0.717) is 0 Å². The van der Waals surface area contributed by atoms with Crippen LogP contribution in [0.5, 0.6) is 0 Å². The van der Waals surface area contributed by atoms with Crippen LogP contribution in [0.2, 0.25) is 0 Å². The standard InChI is InChI=1S/C9H11N3OS/c1-6(11-5-13)9-7(2)12-4-10-3-8(12)14-9/h3-6H,1-2H3,(H,11,13). The smallest absolute Gasteiger partial charge is 0.207 e. The van der Waals surface area contributed by atoms with E-state index in [1.165, 1.54) is 4.88 Å². The molecule has 2 aromatic rings. The molecule has 14 heavy (non-hydrogen) atoms. The molecule has 0 aromatic carbocycles. The van der Waals surface area contributed by atoms with Crippen molar-refractivity contribution >= 4 is 22.6 Å². The van der Waals surface area contributed by atoms with Crippen molar-refractivity contribution in [3.63, 3.8) is 0 Å². The first-order valence-electron chi connectivity index (χ1n) is 4.35. The number of carbonyl (C=O) groups excluding carboxylic acids is 1. The van der Waals surface area contributed by atoms with E-state index < -0.39 is 0 Å². The van der Waals surface area contributed by atoms with Crippen LogP contribution < -0.4 is 5.32 Å². The lowest BCUT2D eigenvalue weighted by atomic mass is 10.2. The second-order valence-electron chi connectivity index (χ2n) is 3.16. The van der Waals surface area contributed by atoms with Gasteiger partial charge in [-0.2, -0.15) is 0 Å². The van der Waals surface area contributed by atoms with Gasteiger partial charge in [-0.25, -0.2) is 4.98 Å². The molecule has 4 nitrogen and oxygen atoms in total. The van der Waals surface area contributed by atoms with Gasteiger partial charge in [0.05, 0.1) is 12.2 Å². The number of fused-ring (bicyclic) bond motifs is 1. The van der Waals surface area contributed by atoms with Crippen LogP contribution in [0.15, 0.2) is 12.5 Å². The summed E-state index contributed by atoms with van der Waals surface area (Å²) in [4.78, 5) is 16.7. The fraction of sp³-hybridized carbons (Fsp3) is 0.333. The average Bonchev–Trinajstić information content (AvgIpc) is 2.69. The van der Waals surface area contributed by atoms with E-state index in [-0.39, 0.29) is 6.04 Å². The Morgan fingerprint density at radius 1 is 1.71 bits per heavy atom. The first kappa shape index (κ1) is 9.21. The van der Waals surface area contributed by atoms with Gasteiger partial charge in [0.15, 0.2) is 0 Å². The Morgan fingerprint density at radius 2 is 2.50 bits per heavy atom. The van der Waals surface area contributed by atoms with Gasteiger partial charge in [0.1, 0.15) is 11.2 Å². The van der Waals surface area contributed by atoms with E-state index in [9.17, 15) is 4.79 Å². The molecule has 1 amide bonds. The molecule has 2 aromatic heterocycles. The lowest BCUT2D eigenvalue weighted by molar-refractivity contribution is -0.110. The van der Waals surface area contributed by atoms with Crippen LogP contribution in [0, 0.1) is 6.92 Å². The molecule has 0 bridgehead atoms. The van der Waals surface area contributed by atoms with Crippen molar-refractivity contribution in [3.8, 4) is 0 Å². The molecule has 0 spiro atoms. The molecule has 5 heteroatoms. The molecule has 2 heterocycles. The van der Waals surface area contributed by atoms with Crippen LogP contribution >= 0.6 is 11.3 Å². The molecule has 74 valence electrons. The zero-order valence-corrected chi connectivity index (χ0v) is 8.84. The minimum Gasteiger partial charge on any atom is -0.351 e. The molecule has 0 aliphatic heterocycles. The summed E-state index contributed by atoms with van der Waals surface area (Å²) >= 11 is 1.66. The number of rotatable bonds is 3. The van der Waals surface area contributed by atoms with Crippen molar-refractivity contribution in [2.24, 2.45) is 0 Å². The Bertz CT molecular complexity index is 460. The molecule has 1 atom stereocenters. The van der Waals surface area contributed by atoms with Crippen molar-refractivity contribution in [2.75, 3.05) is 0 Å². The minimum absolute atomic E-state index is 0.0670. The van der Waals surface area contributed by atoms with Gasteiger partial charge in [0, 0.05) is 10.6 Å². The fourth-order valence-corrected chi connectivity index (χ4v) is 2.61. The van der Waals surface area contributed by atoms with Gasteiger partial charge in [0.2, 0.25) is 6.41 Å². The SMILES string of the molecule is Cc1c(C(C)NC=O)sc2cncn12. The Morgan fingerprint density at radius 3 is 3.14 bits per heavy atom. The predicted octanol–water partition coefficient (Wildman–Crippen LogP) is 1.51. The van der Waals surface area contributed by atoms with Gasteiger partial charge in [-0.3, -0.25) is 9.20 Å². The number of amides is 1. The summed E-state index contributed by atoms with van der Waals surface area (Å²) in [6.45, 7) is 4.00. The zero-order chi connectivity index (χ0) is 10.1. The van der Waals surface area contributed by atoms with Crippen LogP contribution in [0.3, 0.4) is 0 Å². The molecule has 1 unspecified atom stereocenters. The maximum absolute atomic E-state index is 10.3. The van der Waals surface area contributed by atoms with E-state index in [1.54, 1.807) is 17.7 Å². The number of aryl methyl sites for hydroxylation is 1. The van der Waals surface area contributed by atoms with Gasteiger partial charge in [-0.15, -0.1) is 11.3 Å². The highest BCUT2D eigenvalue weighted by Crippen LogP contribution is 2.27. The van der Waals surface area contributed by atoms with Gasteiger partial charge in [-0.1, -0.05) is 0 Å². The van der Waals surface area contributed by atoms with Crippen LogP contribution in [-0.4, -0.2) is 15.8 Å². The molecule has 0 saturated heterocycles. The van der Waals surface area contributed by atoms with E-state index in [2.05, 4.69) is 10.3 Å². The number of thiazole rings is 1. The third-order valence-electron chi connectivity index (χ3n) is 2.25. The van der Waals surface area contributed by atoms with E-state index in [4.69, 9.17) is 0 Å². The Labute approximate surface area is 85.6 Å². The molecule has 0 aliphatic rings. The monoisotopic (exact) mass is 209 g/mol. The lowest BCUT2D eigenvalue weighted by Gasteiger charge is -2.07. The van der Waals surface area contributed by atoms with Gasteiger partial charge < -0.3 is 5.32 Å². The maximum Gasteiger partial charge on any atom is 0.207 e. The molecule has 1 N–H and O–H groups in total. The Hall–Kier alpha value is -1.36. The average molecular weight is 209 g/mol. The van der Waals surface area contributed by atoms with Crippen molar-refractivity contribution in [2.45, 2.75) is 19.9 Å². The van der Waals surface area contributed by atoms with Crippen LogP contribution in [0.1, 0.15) is 23.5 Å². The van der Waals surface area contributed by atoms with Crippen LogP contribution in [0.4, 0.5) is 0 Å². The zero-order valence-electron chi connectivity index (χ0n) is 8.02. The van der Waals surface area contributed by atoms with Crippen molar-refractivity contribution < 1.29 is 4.79 Å². The number of hydrogen-bond acceptors (Lipinski definition) is 3. The van der Waals surface area contributed by atoms with Crippen molar-refractivity contribution in [3.05, 3.63) is 23.1 Å². The topological polar surface area (TPSA) is 46.4 Å². The third-order valence-corrected chi connectivity index (χ3v) is 3.63. The van der Waals surface area contributed by atoms with E-state index >= 15 is 0 Å². The maximum atomic E-state index is 10.3. The molecular weight excluding hydrogens is 198 g/mol. The number of carbonyl (C=O) groups is 1. The molecule has 0 fully saturated rings. The summed E-state index contributed by atoms with van der Waals surface area (Å²) < 4.78 is 2.03. The van der Waals surface area contributed by atoms with Gasteiger partial charge in [0.25, 0.3) is 0 Å². The van der Waals surface area contributed by atoms with Gasteiger partial charge in [-0.05, 0) is 13.8 Å². The third kappa shape index (κ3) is 1.29. The number of hydrogen-bond donors (Lipinski definition) is 1. The minimum atomic E-state index is 0.0670. The molecular formula is C9H11N3OS. The highest BCUT2D eigenvalue weighted by molar-refractivity contribution is 7.17. The van der Waals surface area contributed by atoms with Crippen molar-refractivity contribution in [1.82, 2.24) is 14.7 Å². The quantitative estimate of drug-likeness (QED) is 0.779. The second-order valence-corrected chi connectivity index (χ2v) is 4.22. The summed E-state index contributed by atoms with van der Waals surface area (Å²) in [5, 5.41) is 2.75. The van der Waals surface area contributed by atoms with E-state index in [1.807, 2.05) is 24.4 Å². The van der Waals surface area contributed by atoms with Crippen LogP contribution in [-0.2, 0) is 4.79 Å². The summed E-state index contributed by atoms with van der Waals surface area (Å²) in [5.74, 6) is 0. The number of nitrogens with one attached hydrogen (secondary N) is 1. The number of nitrogens with zero attached hydrogens (tertiary/aromatic N) is 2. The summed E-state index contributed by atoms with van der Waals surface area (Å²) in [5.41, 5.74) is 1.14.